The lowest BCUT2D eigenvalue weighted by Crippen LogP contribution is -2.63. The fourth-order valence-electron chi connectivity index (χ4n) is 2.42. The molecule has 0 spiro atoms. The molecule has 0 aromatic heterocycles. The van der Waals surface area contributed by atoms with Crippen LogP contribution >= 0.6 is 0 Å². The topological polar surface area (TPSA) is 222 Å². The second kappa shape index (κ2) is 17.2. The van der Waals surface area contributed by atoms with E-state index in [-0.39, 0.29) is 26.4 Å². The third-order valence-corrected chi connectivity index (χ3v) is 4.21. The molecule has 0 heterocycles. The molecule has 12 N–H and O–H groups in total. The molecule has 0 aliphatic rings. The first-order valence-corrected chi connectivity index (χ1v) is 9.92. The molecule has 0 aromatic carbocycles. The summed E-state index contributed by atoms with van der Waals surface area (Å²) in [6, 6.07) is 0. The molecule has 0 bridgehead atoms. The van der Waals surface area contributed by atoms with E-state index in [1.54, 1.807) is 0 Å². The van der Waals surface area contributed by atoms with Gasteiger partial charge in [-0.15, -0.1) is 0 Å². The molecule has 12 nitrogen and oxygen atoms in total. The minimum Gasteiger partial charge on any atom is -0.367 e. The Morgan fingerprint density at radius 3 is 0.862 bits per heavy atom. The Morgan fingerprint density at radius 1 is 0.483 bits per heavy atom. The lowest BCUT2D eigenvalue weighted by molar-refractivity contribution is -0.394. The molecular formula is C17H40N4O8. The van der Waals surface area contributed by atoms with Gasteiger partial charge < -0.3 is 62.3 Å². The van der Waals surface area contributed by atoms with Crippen LogP contribution in [0.5, 0.6) is 0 Å². The molecule has 0 fully saturated rings. The Bertz CT molecular complexity index is 314. The fraction of sp³-hybridized carbons (Fsp3) is 1.00. The smallest absolute Gasteiger partial charge is 0.175 e. The van der Waals surface area contributed by atoms with E-state index in [1.165, 1.54) is 0 Å². The standard InChI is InChI=1S/C17H40N4O8/c18-5-1-9-26-13(22)17(14(23)27-10-2-6-19,15(24)28-11-3-7-20)16(25)29-12-4-8-21/h13-16,22-25H,1-12,18-21H2. The number of hydrogen-bond acceptors (Lipinski definition) is 12. The van der Waals surface area contributed by atoms with Crippen LogP contribution in [0.3, 0.4) is 0 Å². The highest BCUT2D eigenvalue weighted by molar-refractivity contribution is 4.91. The minimum absolute atomic E-state index is 0.0000231. The van der Waals surface area contributed by atoms with Crippen molar-refractivity contribution in [3.8, 4) is 0 Å². The number of aliphatic hydroxyl groups excluding tert-OH is 4. The van der Waals surface area contributed by atoms with Gasteiger partial charge in [0.1, 0.15) is 0 Å². The highest BCUT2D eigenvalue weighted by atomic mass is 16.7. The molecule has 4 unspecified atom stereocenters. The summed E-state index contributed by atoms with van der Waals surface area (Å²) in [6.07, 6.45) is -6.08. The first kappa shape index (κ1) is 28.5. The van der Waals surface area contributed by atoms with Crippen LogP contribution in [0.2, 0.25) is 0 Å². The summed E-state index contributed by atoms with van der Waals surface area (Å²) in [5.74, 6) is 0. The van der Waals surface area contributed by atoms with Crippen molar-refractivity contribution in [2.45, 2.75) is 50.8 Å². The molecule has 12 heteroatoms. The highest BCUT2D eigenvalue weighted by Crippen LogP contribution is 2.38. The molecule has 0 aliphatic carbocycles. The Morgan fingerprint density at radius 2 is 0.690 bits per heavy atom. The van der Waals surface area contributed by atoms with E-state index in [0.717, 1.165) is 0 Å². The van der Waals surface area contributed by atoms with Crippen molar-refractivity contribution < 1.29 is 39.4 Å². The van der Waals surface area contributed by atoms with E-state index >= 15 is 0 Å². The second-order valence-corrected chi connectivity index (χ2v) is 6.46. The van der Waals surface area contributed by atoms with Crippen LogP contribution in [0.1, 0.15) is 25.7 Å². The summed E-state index contributed by atoms with van der Waals surface area (Å²) in [5.41, 5.74) is 19.4. The number of nitrogens with two attached hydrogens (primary N) is 4. The van der Waals surface area contributed by atoms with Gasteiger partial charge in [0.05, 0.1) is 26.4 Å². The molecule has 176 valence electrons. The van der Waals surface area contributed by atoms with Crippen molar-refractivity contribution in [1.29, 1.82) is 0 Å². The van der Waals surface area contributed by atoms with Gasteiger partial charge in [-0.2, -0.15) is 0 Å². The average Bonchev–Trinajstić information content (AvgIpc) is 2.69. The number of aliphatic hydroxyl groups is 4. The molecule has 29 heavy (non-hydrogen) atoms. The van der Waals surface area contributed by atoms with Gasteiger partial charge in [-0.25, -0.2) is 0 Å². The molecular weight excluding hydrogens is 388 g/mol. The SMILES string of the molecule is NCCCOC(O)C(C(O)OCCCN)(C(O)OCCCN)C(O)OCCCN. The third kappa shape index (κ3) is 9.46. The molecule has 0 amide bonds. The van der Waals surface area contributed by atoms with Gasteiger partial charge >= 0.3 is 0 Å². The summed E-state index contributed by atoms with van der Waals surface area (Å²) in [5, 5.41) is 42.8. The van der Waals surface area contributed by atoms with E-state index in [0.29, 0.717) is 51.9 Å². The number of hydrogen-bond donors (Lipinski definition) is 8. The van der Waals surface area contributed by atoms with Crippen molar-refractivity contribution in [2.75, 3.05) is 52.6 Å². The first-order valence-electron chi connectivity index (χ1n) is 9.92. The Kier molecular flexibility index (Phi) is 16.9. The maximum atomic E-state index is 10.7. The van der Waals surface area contributed by atoms with Crippen LogP contribution in [0, 0.1) is 5.41 Å². The van der Waals surface area contributed by atoms with Gasteiger partial charge in [-0.3, -0.25) is 0 Å². The molecule has 4 atom stereocenters. The average molecular weight is 429 g/mol. The summed E-state index contributed by atoms with van der Waals surface area (Å²) in [4.78, 5) is 0. The van der Waals surface area contributed by atoms with Gasteiger partial charge in [0.15, 0.2) is 30.6 Å². The van der Waals surface area contributed by atoms with Gasteiger partial charge in [0.25, 0.3) is 0 Å². The molecule has 0 saturated heterocycles. The maximum absolute atomic E-state index is 10.7. The largest absolute Gasteiger partial charge is 0.367 e. The minimum atomic E-state index is -2.30. The Labute approximate surface area is 172 Å². The summed E-state index contributed by atoms with van der Waals surface area (Å²) >= 11 is 0. The van der Waals surface area contributed by atoms with Crippen LogP contribution in [-0.2, 0) is 18.9 Å². The van der Waals surface area contributed by atoms with Gasteiger partial charge in [-0.05, 0) is 51.9 Å². The zero-order valence-electron chi connectivity index (χ0n) is 17.0. The second-order valence-electron chi connectivity index (χ2n) is 6.46. The van der Waals surface area contributed by atoms with Crippen LogP contribution < -0.4 is 22.9 Å². The predicted octanol–water partition coefficient (Wildman–Crippen LogP) is -3.29. The maximum Gasteiger partial charge on any atom is 0.175 e. The molecule has 0 rings (SSSR count). The van der Waals surface area contributed by atoms with Crippen molar-refractivity contribution in [2.24, 2.45) is 28.3 Å². The zero-order valence-corrected chi connectivity index (χ0v) is 17.0. The van der Waals surface area contributed by atoms with E-state index < -0.39 is 30.6 Å². The lowest BCUT2D eigenvalue weighted by atomic mass is 9.83. The van der Waals surface area contributed by atoms with E-state index in [4.69, 9.17) is 41.9 Å². The van der Waals surface area contributed by atoms with Crippen molar-refractivity contribution in [3.05, 3.63) is 0 Å². The quantitative estimate of drug-likeness (QED) is 0.0705. The van der Waals surface area contributed by atoms with Gasteiger partial charge in [-0.1, -0.05) is 0 Å². The van der Waals surface area contributed by atoms with Crippen LogP contribution in [-0.4, -0.2) is 98.2 Å². The van der Waals surface area contributed by atoms with Crippen molar-refractivity contribution in [1.82, 2.24) is 0 Å². The van der Waals surface area contributed by atoms with Crippen molar-refractivity contribution >= 4 is 0 Å². The third-order valence-electron chi connectivity index (χ3n) is 4.21. The predicted molar refractivity (Wildman–Crippen MR) is 105 cm³/mol. The number of rotatable bonds is 20. The van der Waals surface area contributed by atoms with Crippen LogP contribution in [0.15, 0.2) is 0 Å². The van der Waals surface area contributed by atoms with Crippen LogP contribution in [0.25, 0.3) is 0 Å². The molecule has 0 saturated carbocycles. The van der Waals surface area contributed by atoms with Gasteiger partial charge in [0, 0.05) is 0 Å². The fourth-order valence-corrected chi connectivity index (χ4v) is 2.42. The lowest BCUT2D eigenvalue weighted by Gasteiger charge is -2.45. The first-order chi connectivity index (χ1) is 13.9. The monoisotopic (exact) mass is 428 g/mol. The Hall–Kier alpha value is -0.480. The van der Waals surface area contributed by atoms with E-state index in [9.17, 15) is 20.4 Å². The molecule has 0 aromatic rings. The highest BCUT2D eigenvalue weighted by Gasteiger charge is 2.59. The van der Waals surface area contributed by atoms with E-state index in [1.807, 2.05) is 0 Å². The zero-order chi connectivity index (χ0) is 22.1. The van der Waals surface area contributed by atoms with E-state index in [2.05, 4.69) is 0 Å². The summed E-state index contributed by atoms with van der Waals surface area (Å²) in [7, 11) is 0. The Balaban J connectivity index is 5.71. The van der Waals surface area contributed by atoms with Crippen molar-refractivity contribution in [3.63, 3.8) is 0 Å². The normalized spacial score (nSPS) is 18.2. The number of ether oxygens (including phenoxy) is 4. The molecule has 0 radical (unpaired) electrons. The molecule has 0 aliphatic heterocycles. The van der Waals surface area contributed by atoms with Crippen LogP contribution in [0.4, 0.5) is 0 Å². The summed E-state index contributed by atoms with van der Waals surface area (Å²) < 4.78 is 21.2. The summed E-state index contributed by atoms with van der Waals surface area (Å²) in [6.45, 7) is 1.17. The van der Waals surface area contributed by atoms with Gasteiger partial charge in [0.2, 0.25) is 0 Å².